The number of amides is 1. The van der Waals surface area contributed by atoms with Gasteiger partial charge in [0.05, 0.1) is 19.1 Å². The lowest BCUT2D eigenvalue weighted by atomic mass is 9.95. The van der Waals surface area contributed by atoms with Gasteiger partial charge in [-0.1, -0.05) is 18.2 Å². The topological polar surface area (TPSA) is 50.8 Å². The van der Waals surface area contributed by atoms with Crippen LogP contribution in [-0.2, 0) is 9.53 Å². The van der Waals surface area contributed by atoms with Crippen LogP contribution in [0.15, 0.2) is 36.4 Å². The summed E-state index contributed by atoms with van der Waals surface area (Å²) in [6.07, 6.45) is 2.71. The van der Waals surface area contributed by atoms with Crippen LogP contribution in [0.25, 0.3) is 0 Å². The Morgan fingerprint density at radius 1 is 1.40 bits per heavy atom. The zero-order valence-corrected chi connectivity index (χ0v) is 15.2. The Morgan fingerprint density at radius 3 is 3.00 bits per heavy atom. The van der Waals surface area contributed by atoms with Crippen molar-refractivity contribution in [1.82, 2.24) is 5.32 Å². The van der Waals surface area contributed by atoms with Crippen molar-refractivity contribution in [2.75, 3.05) is 31.7 Å². The van der Waals surface area contributed by atoms with Gasteiger partial charge < -0.3 is 19.7 Å². The summed E-state index contributed by atoms with van der Waals surface area (Å²) in [5, 5.41) is 3.24. The van der Waals surface area contributed by atoms with Crippen LogP contribution in [-0.4, -0.2) is 44.9 Å². The minimum atomic E-state index is -0.141. The number of nitrogens with one attached hydrogen (secondary N) is 1. The maximum atomic E-state index is 12.7. The first-order chi connectivity index (χ1) is 12.1. The number of nitrogens with zero attached hydrogens (tertiary/aromatic N) is 1. The average molecular weight is 344 g/mol. The molecule has 0 aromatic heterocycles. The molecule has 0 saturated carbocycles. The number of anilines is 1. The lowest BCUT2D eigenvalue weighted by Gasteiger charge is -2.35. The zero-order valence-electron chi connectivity index (χ0n) is 15.2. The summed E-state index contributed by atoms with van der Waals surface area (Å²) in [7, 11) is 1.68. The molecule has 0 bridgehead atoms. The zero-order chi connectivity index (χ0) is 17.8. The number of piperidine rings is 1. The fraction of sp³-hybridized carbons (Fsp3) is 0.550. The van der Waals surface area contributed by atoms with E-state index in [1.807, 2.05) is 25.1 Å². The van der Waals surface area contributed by atoms with Crippen molar-refractivity contribution in [3.05, 3.63) is 36.4 Å². The highest BCUT2D eigenvalue weighted by Crippen LogP contribution is 2.27. The number of hydrogen-bond acceptors (Lipinski definition) is 4. The summed E-state index contributed by atoms with van der Waals surface area (Å²) < 4.78 is 11.0. The van der Waals surface area contributed by atoms with E-state index in [1.54, 1.807) is 7.11 Å². The second-order valence-electron chi connectivity index (χ2n) is 7.03. The van der Waals surface area contributed by atoms with E-state index in [9.17, 15) is 4.79 Å². The van der Waals surface area contributed by atoms with E-state index >= 15 is 0 Å². The first-order valence-electron chi connectivity index (χ1n) is 9.05. The van der Waals surface area contributed by atoms with E-state index in [2.05, 4.69) is 22.9 Å². The van der Waals surface area contributed by atoms with Crippen LogP contribution in [0.1, 0.15) is 26.2 Å². The number of carbonyl (C=O) groups excluding carboxylic acids is 1. The van der Waals surface area contributed by atoms with Gasteiger partial charge in [-0.3, -0.25) is 4.79 Å². The van der Waals surface area contributed by atoms with Crippen molar-refractivity contribution in [1.29, 1.82) is 0 Å². The van der Waals surface area contributed by atoms with Gasteiger partial charge in [-0.2, -0.15) is 0 Å². The lowest BCUT2D eigenvalue weighted by Crippen LogP contribution is -2.50. The normalized spacial score (nSPS) is 26.3. The molecule has 1 N–H and O–H groups in total. The van der Waals surface area contributed by atoms with Gasteiger partial charge in [-0.05, 0) is 38.3 Å². The van der Waals surface area contributed by atoms with Gasteiger partial charge in [0, 0.05) is 37.5 Å². The Morgan fingerprint density at radius 2 is 2.24 bits per heavy atom. The first kappa shape index (κ1) is 17.8. The molecule has 3 rings (SSSR count). The van der Waals surface area contributed by atoms with E-state index in [1.165, 1.54) is 0 Å². The molecular weight excluding hydrogens is 316 g/mol. The molecule has 5 heteroatoms. The molecule has 3 atom stereocenters. The molecule has 136 valence electrons. The predicted octanol–water partition coefficient (Wildman–Crippen LogP) is 2.76. The van der Waals surface area contributed by atoms with Crippen LogP contribution in [0, 0.1) is 5.92 Å². The number of benzene rings is 1. The standard InChI is InChI=1S/C20H28N2O3/c1-14(2)19-18(9-11-25-19)20(23)21-15-6-5-10-22(13-15)16-7-4-8-17(12-16)24-3/h4,7-8,12,15,18-19H,1,5-6,9-11,13H2,2-3H3,(H,21,23)/t15?,18-,19-/m1/s1. The van der Waals surface area contributed by atoms with Gasteiger partial charge in [0.2, 0.25) is 5.91 Å². The van der Waals surface area contributed by atoms with Gasteiger partial charge in [0.25, 0.3) is 0 Å². The minimum absolute atomic E-state index is 0.1000. The van der Waals surface area contributed by atoms with Gasteiger partial charge in [-0.15, -0.1) is 0 Å². The molecule has 2 saturated heterocycles. The molecule has 1 aromatic carbocycles. The SMILES string of the molecule is C=C(C)[C@H]1OCC[C@H]1C(=O)NC1CCCN(c2cccc(OC)c2)C1. The van der Waals surface area contributed by atoms with Crippen molar-refractivity contribution in [3.8, 4) is 5.75 Å². The molecule has 1 amide bonds. The van der Waals surface area contributed by atoms with Gasteiger partial charge in [0.1, 0.15) is 5.75 Å². The largest absolute Gasteiger partial charge is 0.497 e. The van der Waals surface area contributed by atoms with E-state index in [4.69, 9.17) is 9.47 Å². The molecule has 25 heavy (non-hydrogen) atoms. The van der Waals surface area contributed by atoms with Crippen molar-refractivity contribution >= 4 is 11.6 Å². The quantitative estimate of drug-likeness (QED) is 0.835. The van der Waals surface area contributed by atoms with E-state index in [0.717, 1.165) is 49.4 Å². The summed E-state index contributed by atoms with van der Waals surface area (Å²) in [6, 6.07) is 8.26. The summed E-state index contributed by atoms with van der Waals surface area (Å²) in [6.45, 7) is 8.35. The predicted molar refractivity (Wildman–Crippen MR) is 99.0 cm³/mol. The maximum absolute atomic E-state index is 12.7. The smallest absolute Gasteiger partial charge is 0.226 e. The monoisotopic (exact) mass is 344 g/mol. The second kappa shape index (κ2) is 7.91. The molecule has 0 spiro atoms. The van der Waals surface area contributed by atoms with Crippen molar-refractivity contribution < 1.29 is 14.3 Å². The summed E-state index contributed by atoms with van der Waals surface area (Å²) in [5.41, 5.74) is 2.07. The summed E-state index contributed by atoms with van der Waals surface area (Å²) >= 11 is 0. The molecular formula is C20H28N2O3. The average Bonchev–Trinajstić information content (AvgIpc) is 3.12. The Labute approximate surface area is 150 Å². The third-order valence-corrected chi connectivity index (χ3v) is 5.10. The molecule has 2 fully saturated rings. The molecule has 2 aliphatic rings. The van der Waals surface area contributed by atoms with Crippen LogP contribution in [0.5, 0.6) is 5.75 Å². The lowest BCUT2D eigenvalue weighted by molar-refractivity contribution is -0.126. The van der Waals surface area contributed by atoms with Gasteiger partial charge >= 0.3 is 0 Å². The van der Waals surface area contributed by atoms with E-state index < -0.39 is 0 Å². The highest BCUT2D eigenvalue weighted by molar-refractivity contribution is 5.80. The number of hydrogen-bond donors (Lipinski definition) is 1. The fourth-order valence-electron chi connectivity index (χ4n) is 3.79. The molecule has 0 aliphatic carbocycles. The molecule has 1 unspecified atom stereocenters. The van der Waals surface area contributed by atoms with Gasteiger partial charge in [0.15, 0.2) is 0 Å². The molecule has 1 aromatic rings. The van der Waals surface area contributed by atoms with Crippen LogP contribution >= 0.6 is 0 Å². The van der Waals surface area contributed by atoms with Crippen LogP contribution in [0.3, 0.4) is 0 Å². The Kier molecular flexibility index (Phi) is 5.63. The summed E-state index contributed by atoms with van der Waals surface area (Å²) in [4.78, 5) is 15.0. The maximum Gasteiger partial charge on any atom is 0.226 e. The number of carbonyl (C=O) groups is 1. The number of rotatable bonds is 5. The van der Waals surface area contributed by atoms with Crippen molar-refractivity contribution in [2.24, 2.45) is 5.92 Å². The molecule has 2 aliphatic heterocycles. The molecule has 2 heterocycles. The van der Waals surface area contributed by atoms with Crippen molar-refractivity contribution in [3.63, 3.8) is 0 Å². The Balaban J connectivity index is 1.61. The van der Waals surface area contributed by atoms with Crippen molar-refractivity contribution in [2.45, 2.75) is 38.3 Å². The highest BCUT2D eigenvalue weighted by Gasteiger charge is 2.35. The third kappa shape index (κ3) is 4.15. The van der Waals surface area contributed by atoms with Crippen LogP contribution in [0.2, 0.25) is 0 Å². The van der Waals surface area contributed by atoms with E-state index in [-0.39, 0.29) is 24.0 Å². The highest BCUT2D eigenvalue weighted by atomic mass is 16.5. The molecule has 5 nitrogen and oxygen atoms in total. The minimum Gasteiger partial charge on any atom is -0.497 e. The van der Waals surface area contributed by atoms with Crippen LogP contribution in [0.4, 0.5) is 5.69 Å². The van der Waals surface area contributed by atoms with Gasteiger partial charge in [-0.25, -0.2) is 0 Å². The fourth-order valence-corrected chi connectivity index (χ4v) is 3.79. The number of ether oxygens (including phenoxy) is 2. The Bertz CT molecular complexity index is 631. The van der Waals surface area contributed by atoms with Crippen LogP contribution < -0.4 is 15.0 Å². The molecule has 0 radical (unpaired) electrons. The third-order valence-electron chi connectivity index (χ3n) is 5.10. The second-order valence-corrected chi connectivity index (χ2v) is 7.03. The summed E-state index contributed by atoms with van der Waals surface area (Å²) in [5.74, 6) is 0.851. The van der Waals surface area contributed by atoms with E-state index in [0.29, 0.717) is 6.61 Å². The first-order valence-corrected chi connectivity index (χ1v) is 9.05. The number of methoxy groups -OCH3 is 1. The Hall–Kier alpha value is -2.01.